The maximum Gasteiger partial charge on any atom is 0.257 e. The highest BCUT2D eigenvalue weighted by molar-refractivity contribution is 5.97. The van der Waals surface area contributed by atoms with Crippen LogP contribution in [0.5, 0.6) is 5.75 Å². The average molecular weight is 293 g/mol. The summed E-state index contributed by atoms with van der Waals surface area (Å²) < 4.78 is 5.25. The second kappa shape index (κ2) is 7.52. The summed E-state index contributed by atoms with van der Waals surface area (Å²) >= 11 is 0. The quantitative estimate of drug-likeness (QED) is 0.362. The van der Waals surface area contributed by atoms with Crippen molar-refractivity contribution in [2.24, 2.45) is 16.8 Å². The molecule has 0 aliphatic carbocycles. The van der Waals surface area contributed by atoms with Gasteiger partial charge in [0.05, 0.1) is 12.7 Å². The standard InChI is InChI=1S/C15H23N3O3/c1-5-18(9-11(3)14(16)17-20)15(19)12-8-10(2)6-7-13(12)21-4/h6-8,11,20H,5,9H2,1-4H3,(H2,16,17). The van der Waals surface area contributed by atoms with Crippen LogP contribution in [0.1, 0.15) is 29.8 Å². The van der Waals surface area contributed by atoms with E-state index in [1.165, 1.54) is 7.11 Å². The number of nitrogens with zero attached hydrogens (tertiary/aromatic N) is 2. The minimum atomic E-state index is -0.227. The summed E-state index contributed by atoms with van der Waals surface area (Å²) in [6, 6.07) is 5.48. The molecule has 0 heterocycles. The Hall–Kier alpha value is -2.24. The smallest absolute Gasteiger partial charge is 0.257 e. The molecule has 1 rings (SSSR count). The highest BCUT2D eigenvalue weighted by Crippen LogP contribution is 2.21. The van der Waals surface area contributed by atoms with E-state index < -0.39 is 0 Å². The molecule has 0 saturated carbocycles. The number of nitrogens with two attached hydrogens (primary N) is 1. The first-order chi connectivity index (χ1) is 9.94. The zero-order valence-electron chi connectivity index (χ0n) is 13.0. The number of amidine groups is 1. The summed E-state index contributed by atoms with van der Waals surface area (Å²) in [5.41, 5.74) is 7.08. The number of hydrogen-bond donors (Lipinski definition) is 2. The molecule has 1 unspecified atom stereocenters. The molecule has 116 valence electrons. The first-order valence-corrected chi connectivity index (χ1v) is 6.85. The normalized spacial score (nSPS) is 12.9. The lowest BCUT2D eigenvalue weighted by Gasteiger charge is -2.25. The van der Waals surface area contributed by atoms with Gasteiger partial charge in [-0.2, -0.15) is 0 Å². The zero-order valence-corrected chi connectivity index (χ0v) is 13.0. The number of carbonyl (C=O) groups excluding carboxylic acids is 1. The summed E-state index contributed by atoms with van der Waals surface area (Å²) in [7, 11) is 1.54. The molecule has 0 fully saturated rings. The number of carbonyl (C=O) groups is 1. The molecular weight excluding hydrogens is 270 g/mol. The molecule has 0 bridgehead atoms. The van der Waals surface area contributed by atoms with Gasteiger partial charge in [0.2, 0.25) is 0 Å². The van der Waals surface area contributed by atoms with Gasteiger partial charge in [0.1, 0.15) is 11.6 Å². The van der Waals surface area contributed by atoms with Gasteiger partial charge < -0.3 is 20.6 Å². The van der Waals surface area contributed by atoms with Crippen molar-refractivity contribution in [1.29, 1.82) is 0 Å². The number of oxime groups is 1. The molecule has 1 aromatic carbocycles. The maximum absolute atomic E-state index is 12.7. The van der Waals surface area contributed by atoms with Crippen molar-refractivity contribution in [2.45, 2.75) is 20.8 Å². The highest BCUT2D eigenvalue weighted by atomic mass is 16.5. The van der Waals surface area contributed by atoms with Gasteiger partial charge in [0.25, 0.3) is 5.91 Å². The molecule has 0 aromatic heterocycles. The summed E-state index contributed by atoms with van der Waals surface area (Å²) in [5.74, 6) is 0.295. The molecule has 1 atom stereocenters. The molecule has 1 amide bonds. The third-order valence-electron chi connectivity index (χ3n) is 3.37. The Morgan fingerprint density at radius 1 is 1.52 bits per heavy atom. The number of ether oxygens (including phenoxy) is 1. The van der Waals surface area contributed by atoms with Crippen LogP contribution in [-0.4, -0.2) is 42.0 Å². The Labute approximate surface area is 125 Å². The van der Waals surface area contributed by atoms with Gasteiger partial charge in [-0.05, 0) is 26.0 Å². The zero-order chi connectivity index (χ0) is 16.0. The van der Waals surface area contributed by atoms with Crippen molar-refractivity contribution in [3.63, 3.8) is 0 Å². The van der Waals surface area contributed by atoms with Crippen molar-refractivity contribution >= 4 is 11.7 Å². The lowest BCUT2D eigenvalue weighted by molar-refractivity contribution is 0.0750. The molecule has 6 heteroatoms. The fraction of sp³-hybridized carbons (Fsp3) is 0.467. The first kappa shape index (κ1) is 16.8. The van der Waals surface area contributed by atoms with Crippen LogP contribution in [0.15, 0.2) is 23.4 Å². The van der Waals surface area contributed by atoms with E-state index in [2.05, 4.69) is 5.16 Å². The van der Waals surface area contributed by atoms with Crippen LogP contribution in [0.25, 0.3) is 0 Å². The van der Waals surface area contributed by atoms with Gasteiger partial charge in [0, 0.05) is 19.0 Å². The molecule has 0 spiro atoms. The SMILES string of the molecule is CCN(CC(C)C(N)=NO)C(=O)c1cc(C)ccc1OC. The monoisotopic (exact) mass is 293 g/mol. The Morgan fingerprint density at radius 2 is 2.19 bits per heavy atom. The highest BCUT2D eigenvalue weighted by Gasteiger charge is 2.21. The van der Waals surface area contributed by atoms with Crippen molar-refractivity contribution in [1.82, 2.24) is 4.90 Å². The molecule has 6 nitrogen and oxygen atoms in total. The van der Waals surface area contributed by atoms with Crippen LogP contribution in [0, 0.1) is 12.8 Å². The average Bonchev–Trinajstić information content (AvgIpc) is 2.50. The van der Waals surface area contributed by atoms with Crippen LogP contribution in [-0.2, 0) is 0 Å². The number of amides is 1. The van der Waals surface area contributed by atoms with E-state index in [0.29, 0.717) is 24.4 Å². The Morgan fingerprint density at radius 3 is 2.71 bits per heavy atom. The predicted octanol–water partition coefficient (Wildman–Crippen LogP) is 1.85. The summed E-state index contributed by atoms with van der Waals surface area (Å²) in [5, 5.41) is 11.7. The third-order valence-corrected chi connectivity index (χ3v) is 3.37. The second-order valence-corrected chi connectivity index (χ2v) is 4.97. The van der Waals surface area contributed by atoms with Crippen molar-refractivity contribution < 1.29 is 14.7 Å². The van der Waals surface area contributed by atoms with Gasteiger partial charge in [-0.25, -0.2) is 0 Å². The van der Waals surface area contributed by atoms with Gasteiger partial charge in [-0.1, -0.05) is 23.7 Å². The van der Waals surface area contributed by atoms with Crippen molar-refractivity contribution in [3.05, 3.63) is 29.3 Å². The van der Waals surface area contributed by atoms with E-state index in [1.807, 2.05) is 19.9 Å². The first-order valence-electron chi connectivity index (χ1n) is 6.85. The fourth-order valence-electron chi connectivity index (χ4n) is 2.04. The van der Waals surface area contributed by atoms with Gasteiger partial charge in [-0.3, -0.25) is 4.79 Å². The largest absolute Gasteiger partial charge is 0.496 e. The second-order valence-electron chi connectivity index (χ2n) is 4.97. The molecule has 0 aliphatic rings. The number of aryl methyl sites for hydroxylation is 1. The maximum atomic E-state index is 12.7. The number of methoxy groups -OCH3 is 1. The molecular formula is C15H23N3O3. The van der Waals surface area contributed by atoms with E-state index >= 15 is 0 Å². The van der Waals surface area contributed by atoms with E-state index in [1.54, 1.807) is 24.0 Å². The molecule has 0 saturated heterocycles. The third kappa shape index (κ3) is 4.11. The predicted molar refractivity (Wildman–Crippen MR) is 81.9 cm³/mol. The fourth-order valence-corrected chi connectivity index (χ4v) is 2.04. The summed E-state index contributed by atoms with van der Waals surface area (Å²) in [6.07, 6.45) is 0. The van der Waals surface area contributed by atoms with E-state index in [4.69, 9.17) is 15.7 Å². The van der Waals surface area contributed by atoms with Crippen LogP contribution in [0.3, 0.4) is 0 Å². The molecule has 21 heavy (non-hydrogen) atoms. The lowest BCUT2D eigenvalue weighted by Crippen LogP contribution is -2.39. The van der Waals surface area contributed by atoms with Crippen LogP contribution < -0.4 is 10.5 Å². The topological polar surface area (TPSA) is 88.1 Å². The van der Waals surface area contributed by atoms with E-state index in [0.717, 1.165) is 5.56 Å². The minimum absolute atomic E-state index is 0.109. The Bertz CT molecular complexity index is 529. The van der Waals surface area contributed by atoms with Crippen molar-refractivity contribution in [3.8, 4) is 5.75 Å². The van der Waals surface area contributed by atoms with Gasteiger partial charge in [0.15, 0.2) is 0 Å². The molecule has 3 N–H and O–H groups in total. The number of rotatable bonds is 6. The Balaban J connectivity index is 3.01. The van der Waals surface area contributed by atoms with Crippen LogP contribution >= 0.6 is 0 Å². The van der Waals surface area contributed by atoms with Gasteiger partial charge >= 0.3 is 0 Å². The Kier molecular flexibility index (Phi) is 6.02. The molecule has 1 aromatic rings. The number of hydrogen-bond acceptors (Lipinski definition) is 4. The van der Waals surface area contributed by atoms with E-state index in [9.17, 15) is 4.79 Å². The summed E-state index contributed by atoms with van der Waals surface area (Å²) in [4.78, 5) is 14.3. The van der Waals surface area contributed by atoms with Gasteiger partial charge in [-0.15, -0.1) is 0 Å². The van der Waals surface area contributed by atoms with Crippen molar-refractivity contribution in [2.75, 3.05) is 20.2 Å². The summed E-state index contributed by atoms with van der Waals surface area (Å²) in [6.45, 7) is 6.52. The van der Waals surface area contributed by atoms with Crippen LogP contribution in [0.2, 0.25) is 0 Å². The van der Waals surface area contributed by atoms with Crippen LogP contribution in [0.4, 0.5) is 0 Å². The molecule has 0 aliphatic heterocycles. The molecule has 0 radical (unpaired) electrons. The number of benzene rings is 1. The lowest BCUT2D eigenvalue weighted by atomic mass is 10.1. The van der Waals surface area contributed by atoms with E-state index in [-0.39, 0.29) is 17.7 Å². The minimum Gasteiger partial charge on any atom is -0.496 e.